The fraction of sp³-hybridized carbons (Fsp3) is 0.190. The Morgan fingerprint density at radius 3 is 2.97 bits per heavy atom. The Morgan fingerprint density at radius 1 is 1.24 bits per heavy atom. The summed E-state index contributed by atoms with van der Waals surface area (Å²) < 4.78 is 19.4. The normalized spacial score (nSPS) is 16.1. The van der Waals surface area contributed by atoms with Crippen LogP contribution in [0.1, 0.15) is 27.7 Å². The molecule has 1 atom stereocenters. The second-order valence-electron chi connectivity index (χ2n) is 7.16. The minimum atomic E-state index is -0.482. The number of nitrogens with one attached hydrogen (secondary N) is 2. The van der Waals surface area contributed by atoms with E-state index < -0.39 is 11.9 Å². The molecule has 5 rings (SSSR count). The van der Waals surface area contributed by atoms with Crippen LogP contribution in [0.4, 0.5) is 4.39 Å². The van der Waals surface area contributed by atoms with Crippen molar-refractivity contribution in [2.24, 2.45) is 0 Å². The highest BCUT2D eigenvalue weighted by molar-refractivity contribution is 5.98. The number of ether oxygens (including phenoxy) is 1. The van der Waals surface area contributed by atoms with E-state index in [9.17, 15) is 14.0 Å². The molecule has 7 nitrogen and oxygen atoms in total. The van der Waals surface area contributed by atoms with Crippen LogP contribution in [0.5, 0.6) is 0 Å². The molecule has 1 aliphatic rings. The first-order chi connectivity index (χ1) is 14.0. The molecular formula is C21H17FN4O3. The lowest BCUT2D eigenvalue weighted by Gasteiger charge is -2.34. The van der Waals surface area contributed by atoms with Gasteiger partial charge in [0, 0.05) is 29.3 Å². The lowest BCUT2D eigenvalue weighted by atomic mass is 9.95. The molecule has 0 saturated carbocycles. The number of hydrogen-bond acceptors (Lipinski definition) is 4. The first kappa shape index (κ1) is 17.6. The maximum absolute atomic E-state index is 13.7. The lowest BCUT2D eigenvalue weighted by molar-refractivity contribution is 0.0336. The lowest BCUT2D eigenvalue weighted by Crippen LogP contribution is -2.37. The summed E-state index contributed by atoms with van der Waals surface area (Å²) in [7, 11) is 1.70. The fourth-order valence-corrected chi connectivity index (χ4v) is 3.95. The van der Waals surface area contributed by atoms with Gasteiger partial charge in [-0.15, -0.1) is 0 Å². The second kappa shape index (κ2) is 6.52. The summed E-state index contributed by atoms with van der Waals surface area (Å²) in [5, 5.41) is 8.57. The summed E-state index contributed by atoms with van der Waals surface area (Å²) in [5.41, 5.74) is 2.39. The molecular weight excluding hydrogens is 375 g/mol. The van der Waals surface area contributed by atoms with E-state index in [1.54, 1.807) is 36.3 Å². The monoisotopic (exact) mass is 392 g/mol. The van der Waals surface area contributed by atoms with Crippen LogP contribution in [-0.4, -0.2) is 39.6 Å². The van der Waals surface area contributed by atoms with Gasteiger partial charge in [-0.2, -0.15) is 5.10 Å². The molecule has 2 aromatic heterocycles. The Kier molecular flexibility index (Phi) is 3.95. The van der Waals surface area contributed by atoms with Crippen molar-refractivity contribution < 1.29 is 13.9 Å². The van der Waals surface area contributed by atoms with Crippen molar-refractivity contribution in [1.82, 2.24) is 20.1 Å². The zero-order chi connectivity index (χ0) is 20.1. The Bertz CT molecular complexity index is 1330. The third-order valence-electron chi connectivity index (χ3n) is 5.44. The number of carbonyl (C=O) groups is 1. The highest BCUT2D eigenvalue weighted by atomic mass is 19.1. The molecule has 2 N–H and O–H groups in total. The highest BCUT2D eigenvalue weighted by Gasteiger charge is 2.31. The maximum atomic E-state index is 13.7. The predicted octanol–water partition coefficient (Wildman–Crippen LogP) is 2.89. The van der Waals surface area contributed by atoms with Gasteiger partial charge in [0.15, 0.2) is 0 Å². The van der Waals surface area contributed by atoms with E-state index in [1.807, 2.05) is 6.07 Å². The van der Waals surface area contributed by atoms with Crippen LogP contribution in [0.3, 0.4) is 0 Å². The van der Waals surface area contributed by atoms with Crippen molar-refractivity contribution in [3.05, 3.63) is 75.6 Å². The van der Waals surface area contributed by atoms with Gasteiger partial charge in [0.05, 0.1) is 36.4 Å². The van der Waals surface area contributed by atoms with E-state index in [4.69, 9.17) is 4.74 Å². The molecule has 0 radical (unpaired) electrons. The molecule has 2 aromatic carbocycles. The van der Waals surface area contributed by atoms with Crippen molar-refractivity contribution in [2.75, 3.05) is 13.7 Å². The van der Waals surface area contributed by atoms with Crippen LogP contribution in [0.15, 0.2) is 47.4 Å². The van der Waals surface area contributed by atoms with E-state index in [0.29, 0.717) is 16.6 Å². The van der Waals surface area contributed by atoms with Crippen LogP contribution < -0.4 is 5.56 Å². The standard InChI is InChI=1S/C21H17FN4O3/c1-26(21(28)11-2-5-16-12(6-11)8-23-25-16)18-10-29-9-17-19(18)14-4-3-13(22)7-15(14)20(27)24-17/h2-8,18H,9-10H2,1H3,(H,23,25)(H,24,27)/t18-/m0/s1. The summed E-state index contributed by atoms with van der Waals surface area (Å²) in [5.74, 6) is -0.666. The second-order valence-corrected chi connectivity index (χ2v) is 7.16. The van der Waals surface area contributed by atoms with Gasteiger partial charge >= 0.3 is 0 Å². The number of halogens is 1. The van der Waals surface area contributed by atoms with Crippen LogP contribution in [0.25, 0.3) is 21.7 Å². The van der Waals surface area contributed by atoms with Gasteiger partial charge in [0.2, 0.25) is 0 Å². The average Bonchev–Trinajstić information content (AvgIpc) is 3.20. The van der Waals surface area contributed by atoms with Crippen molar-refractivity contribution in [2.45, 2.75) is 12.6 Å². The summed E-state index contributed by atoms with van der Waals surface area (Å²) in [6.45, 7) is 0.513. The number of pyridine rings is 1. The molecule has 0 spiro atoms. The Hall–Kier alpha value is -3.52. The zero-order valence-electron chi connectivity index (χ0n) is 15.5. The van der Waals surface area contributed by atoms with Crippen LogP contribution in [-0.2, 0) is 11.3 Å². The van der Waals surface area contributed by atoms with Crippen molar-refractivity contribution >= 4 is 27.6 Å². The van der Waals surface area contributed by atoms with E-state index in [1.165, 1.54) is 12.1 Å². The largest absolute Gasteiger partial charge is 0.373 e. The van der Waals surface area contributed by atoms with Gasteiger partial charge in [0.25, 0.3) is 11.5 Å². The molecule has 0 saturated heterocycles. The first-order valence-corrected chi connectivity index (χ1v) is 9.15. The third kappa shape index (κ3) is 2.80. The Labute approximate surface area is 164 Å². The molecule has 3 heterocycles. The minimum absolute atomic E-state index is 0.184. The zero-order valence-corrected chi connectivity index (χ0v) is 15.5. The molecule has 0 aliphatic carbocycles. The molecule has 0 unspecified atom stereocenters. The number of fused-ring (bicyclic) bond motifs is 4. The molecule has 146 valence electrons. The van der Waals surface area contributed by atoms with E-state index in [0.717, 1.165) is 16.5 Å². The number of likely N-dealkylation sites (N-methyl/N-ethyl adjacent to an activating group) is 1. The SMILES string of the molecule is CN(C(=O)c1ccc2[nH]ncc2c1)[C@H]1COCc2[nH]c(=O)c3cc(F)ccc3c21. The van der Waals surface area contributed by atoms with Gasteiger partial charge in [-0.1, -0.05) is 6.07 Å². The molecule has 29 heavy (non-hydrogen) atoms. The smallest absolute Gasteiger partial charge is 0.256 e. The molecule has 1 amide bonds. The molecule has 0 bridgehead atoms. The predicted molar refractivity (Wildman–Crippen MR) is 105 cm³/mol. The maximum Gasteiger partial charge on any atom is 0.256 e. The molecule has 0 fully saturated rings. The van der Waals surface area contributed by atoms with Gasteiger partial charge < -0.3 is 14.6 Å². The number of hydrogen-bond donors (Lipinski definition) is 2. The number of aromatic nitrogens is 3. The number of aromatic amines is 2. The highest BCUT2D eigenvalue weighted by Crippen LogP contribution is 2.33. The third-order valence-corrected chi connectivity index (χ3v) is 5.44. The Balaban J connectivity index is 1.60. The number of H-pyrrole nitrogens is 2. The fourth-order valence-electron chi connectivity index (χ4n) is 3.95. The van der Waals surface area contributed by atoms with Crippen molar-refractivity contribution in [3.8, 4) is 0 Å². The van der Waals surface area contributed by atoms with Gasteiger partial charge in [-0.25, -0.2) is 4.39 Å². The van der Waals surface area contributed by atoms with Gasteiger partial charge in [-0.3, -0.25) is 14.7 Å². The van der Waals surface area contributed by atoms with Crippen molar-refractivity contribution in [3.63, 3.8) is 0 Å². The van der Waals surface area contributed by atoms with E-state index in [-0.39, 0.29) is 30.1 Å². The van der Waals surface area contributed by atoms with Crippen molar-refractivity contribution in [1.29, 1.82) is 0 Å². The topological polar surface area (TPSA) is 91.1 Å². The summed E-state index contributed by atoms with van der Waals surface area (Å²) in [6.07, 6.45) is 1.66. The Morgan fingerprint density at radius 2 is 2.10 bits per heavy atom. The van der Waals surface area contributed by atoms with E-state index >= 15 is 0 Å². The number of carbonyl (C=O) groups excluding carboxylic acids is 1. The average molecular weight is 392 g/mol. The van der Waals surface area contributed by atoms with Gasteiger partial charge in [0.1, 0.15) is 5.82 Å². The van der Waals surface area contributed by atoms with Gasteiger partial charge in [-0.05, 0) is 35.7 Å². The van der Waals surface area contributed by atoms with Crippen LogP contribution in [0.2, 0.25) is 0 Å². The number of rotatable bonds is 2. The summed E-state index contributed by atoms with van der Waals surface area (Å²) in [6, 6.07) is 9.04. The first-order valence-electron chi connectivity index (χ1n) is 9.15. The van der Waals surface area contributed by atoms with Crippen LogP contribution in [0, 0.1) is 5.82 Å². The minimum Gasteiger partial charge on any atom is -0.373 e. The van der Waals surface area contributed by atoms with Crippen LogP contribution >= 0.6 is 0 Å². The number of nitrogens with zero attached hydrogens (tertiary/aromatic N) is 2. The summed E-state index contributed by atoms with van der Waals surface area (Å²) >= 11 is 0. The quantitative estimate of drug-likeness (QED) is 0.549. The molecule has 1 aliphatic heterocycles. The molecule has 4 aromatic rings. The number of benzene rings is 2. The number of amides is 1. The molecule has 8 heteroatoms. The summed E-state index contributed by atoms with van der Waals surface area (Å²) in [4.78, 5) is 29.9. The van der Waals surface area contributed by atoms with E-state index in [2.05, 4.69) is 15.2 Å².